The van der Waals surface area contributed by atoms with Crippen LogP contribution in [0.25, 0.3) is 17.2 Å². The van der Waals surface area contributed by atoms with E-state index in [0.29, 0.717) is 83.2 Å². The summed E-state index contributed by atoms with van der Waals surface area (Å²) in [4.78, 5) is 103. The van der Waals surface area contributed by atoms with Crippen LogP contribution in [0, 0.1) is 11.8 Å². The standard InChI is InChI=1S/C67H78N8O11/c1-42(2)64(71-61(77)12-9-8-10-27-74-62(78)25-26-63(74)79)66(81)69-44(4)65(80)70-50-19-13-46(14-20-50)49-35-52-23-17-48-36-59(57(83-6)37-53(48)67(82)75(52)41-49)85-32-11-33-86-60-39-55-54(38-58(60)84-7)56(76)24-18-47(34-43(3)40-68-55)45-15-21-51(22-16-45)73-30-28-72(5)29-31-73/h13-23,25-26,36-44,52,64H,8-12,24,27-35H2,1-7H3,(H,69,81)(H,70,80)(H,71,77)/b47-18+,68-40?/t43-,44-,52+,64?/m0/s1. The molecule has 6 amide bonds. The summed E-state index contributed by atoms with van der Waals surface area (Å²) in [6.07, 6.45) is 16.1. The first kappa shape index (κ1) is 61.7. The maximum atomic E-state index is 14.2. The van der Waals surface area contributed by atoms with Crippen molar-refractivity contribution in [2.24, 2.45) is 16.8 Å². The molecule has 3 N–H and O–H groups in total. The number of carbonyl (C=O) groups excluding carboxylic acids is 7. The Labute approximate surface area is 503 Å². The number of nitrogens with one attached hydrogen (secondary N) is 3. The number of carbonyl (C=O) groups is 7. The van der Waals surface area contributed by atoms with Crippen molar-refractivity contribution in [1.82, 2.24) is 25.3 Å². The minimum Gasteiger partial charge on any atom is -0.493 e. The van der Waals surface area contributed by atoms with Crippen molar-refractivity contribution in [1.29, 1.82) is 0 Å². The fourth-order valence-electron chi connectivity index (χ4n) is 11.1. The fourth-order valence-corrected chi connectivity index (χ4v) is 11.1. The minimum absolute atomic E-state index is 0.0622. The molecule has 1 unspecified atom stereocenters. The molecule has 0 saturated carbocycles. The Morgan fingerprint density at radius 3 is 2.02 bits per heavy atom. The van der Waals surface area contributed by atoms with Gasteiger partial charge in [0, 0.05) is 99.6 Å². The van der Waals surface area contributed by atoms with Gasteiger partial charge < -0.3 is 49.6 Å². The number of methoxy groups -OCH3 is 2. The first-order valence-corrected chi connectivity index (χ1v) is 29.7. The lowest BCUT2D eigenvalue weighted by atomic mass is 9.92. The number of unbranched alkanes of at least 4 members (excludes halogenated alkanes) is 2. The number of ketones is 1. The minimum atomic E-state index is -0.919. The Kier molecular flexibility index (Phi) is 20.4. The normalized spacial score (nSPS) is 19.0. The summed E-state index contributed by atoms with van der Waals surface area (Å²) in [6, 6.07) is 20.9. The summed E-state index contributed by atoms with van der Waals surface area (Å²) in [5.41, 5.74) is 7.91. The molecule has 0 bridgehead atoms. The molecule has 4 aromatic carbocycles. The number of Topliss-reactive ketones (excluding diaryl/α,β-unsaturated/α-hetero) is 1. The first-order valence-electron chi connectivity index (χ1n) is 29.7. The lowest BCUT2D eigenvalue weighted by molar-refractivity contribution is -0.137. The number of hydrogen-bond acceptors (Lipinski definition) is 14. The monoisotopic (exact) mass is 1170 g/mol. The van der Waals surface area contributed by atoms with Crippen molar-refractivity contribution < 1.29 is 52.5 Å². The molecule has 0 aliphatic carbocycles. The van der Waals surface area contributed by atoms with Crippen molar-refractivity contribution in [3.63, 3.8) is 0 Å². The highest BCUT2D eigenvalue weighted by molar-refractivity contribution is 6.13. The molecule has 1 saturated heterocycles. The van der Waals surface area contributed by atoms with Gasteiger partial charge in [0.2, 0.25) is 17.7 Å². The SMILES string of the molecule is COc1cc2c(cc1OCCCOc1cc3c(cc1OC)C(=O)C/C=C(/c1ccc(N4CCN(C)CC4)cc1)C[C@H](C)C=N3)C=C[C@@H]1CC(c3ccc(NC(=O)[C@H](C)NC(=O)C(NC(=O)CCCCCN4C(=O)C=CC4=O)C(C)C)cc3)=CN1C2=O. The van der Waals surface area contributed by atoms with E-state index in [1.165, 1.54) is 29.8 Å². The van der Waals surface area contributed by atoms with E-state index in [-0.39, 0.29) is 79.9 Å². The molecule has 452 valence electrons. The number of rotatable bonds is 23. The number of piperazine rings is 1. The second kappa shape index (κ2) is 28.4. The summed E-state index contributed by atoms with van der Waals surface area (Å²) < 4.78 is 24.0. The van der Waals surface area contributed by atoms with E-state index in [1.54, 1.807) is 63.1 Å². The zero-order valence-corrected chi connectivity index (χ0v) is 50.2. The number of anilines is 2. The molecule has 19 nitrogen and oxygen atoms in total. The average molecular weight is 1170 g/mol. The third-order valence-corrected chi connectivity index (χ3v) is 16.1. The molecule has 5 aliphatic rings. The largest absolute Gasteiger partial charge is 0.493 e. The molecule has 5 aliphatic heterocycles. The zero-order chi connectivity index (χ0) is 61.0. The van der Waals surface area contributed by atoms with Crippen LogP contribution >= 0.6 is 0 Å². The molecule has 4 atom stereocenters. The van der Waals surface area contributed by atoms with Gasteiger partial charge in [-0.3, -0.25) is 43.5 Å². The molecule has 0 spiro atoms. The Balaban J connectivity index is 0.741. The van der Waals surface area contributed by atoms with E-state index >= 15 is 0 Å². The first-order chi connectivity index (χ1) is 41.5. The van der Waals surface area contributed by atoms with E-state index < -0.39 is 23.9 Å². The number of fused-ring (bicyclic) bond motifs is 3. The van der Waals surface area contributed by atoms with Gasteiger partial charge >= 0.3 is 0 Å². The maximum absolute atomic E-state index is 14.2. The molecule has 0 aromatic heterocycles. The van der Waals surface area contributed by atoms with Crippen LogP contribution in [-0.2, 0) is 24.0 Å². The van der Waals surface area contributed by atoms with Gasteiger partial charge in [-0.1, -0.05) is 69.7 Å². The summed E-state index contributed by atoms with van der Waals surface area (Å²) in [6.45, 7) is 12.2. The highest BCUT2D eigenvalue weighted by Crippen LogP contribution is 2.40. The third kappa shape index (κ3) is 15.2. The predicted octanol–water partition coefficient (Wildman–Crippen LogP) is 9.05. The number of likely N-dealkylation sites (N-methyl/N-ethyl adjacent to an activating group) is 1. The Morgan fingerprint density at radius 1 is 0.698 bits per heavy atom. The maximum Gasteiger partial charge on any atom is 0.259 e. The van der Waals surface area contributed by atoms with Crippen molar-refractivity contribution in [3.05, 3.63) is 131 Å². The quantitative estimate of drug-likeness (QED) is 0.0467. The number of ether oxygens (including phenoxy) is 4. The number of amides is 6. The van der Waals surface area contributed by atoms with Crippen LogP contribution in [0.2, 0.25) is 0 Å². The molecule has 4 aromatic rings. The molecule has 86 heavy (non-hydrogen) atoms. The van der Waals surface area contributed by atoms with Gasteiger partial charge in [0.05, 0.1) is 44.7 Å². The van der Waals surface area contributed by atoms with Crippen LogP contribution in [0.4, 0.5) is 17.1 Å². The number of aliphatic imine (C=N–C) groups is 1. The number of benzene rings is 4. The zero-order valence-electron chi connectivity index (χ0n) is 50.2. The smallest absolute Gasteiger partial charge is 0.259 e. The van der Waals surface area contributed by atoms with Crippen LogP contribution in [-0.4, -0.2) is 147 Å². The number of nitrogens with zero attached hydrogens (tertiary/aromatic N) is 5. The van der Waals surface area contributed by atoms with Gasteiger partial charge in [-0.05, 0) is 122 Å². The van der Waals surface area contributed by atoms with E-state index in [9.17, 15) is 33.6 Å². The molecule has 1 fully saturated rings. The van der Waals surface area contributed by atoms with Gasteiger partial charge in [0.15, 0.2) is 28.8 Å². The molecule has 19 heteroatoms. The second-order valence-corrected chi connectivity index (χ2v) is 22.9. The Hall–Kier alpha value is -8.84. The lowest BCUT2D eigenvalue weighted by Crippen LogP contribution is -2.53. The number of allylic oxidation sites excluding steroid dienone is 2. The van der Waals surface area contributed by atoms with Crippen LogP contribution < -0.4 is 39.8 Å². The summed E-state index contributed by atoms with van der Waals surface area (Å²) in [7, 11) is 5.24. The fraction of sp³-hybridized carbons (Fsp3) is 0.403. The highest BCUT2D eigenvalue weighted by atomic mass is 16.5. The third-order valence-electron chi connectivity index (χ3n) is 16.1. The van der Waals surface area contributed by atoms with E-state index in [0.717, 1.165) is 54.9 Å². The van der Waals surface area contributed by atoms with E-state index in [4.69, 9.17) is 23.9 Å². The van der Waals surface area contributed by atoms with Crippen LogP contribution in [0.1, 0.15) is 116 Å². The highest BCUT2D eigenvalue weighted by Gasteiger charge is 2.34. The summed E-state index contributed by atoms with van der Waals surface area (Å²) in [5.74, 6) is -0.528. The van der Waals surface area contributed by atoms with Gasteiger partial charge in [0.1, 0.15) is 12.1 Å². The topological polar surface area (TPSA) is 218 Å². The van der Waals surface area contributed by atoms with Crippen molar-refractivity contribution in [2.45, 2.75) is 97.2 Å². The molecular weight excluding hydrogens is 1090 g/mol. The van der Waals surface area contributed by atoms with Gasteiger partial charge in [0.25, 0.3) is 17.7 Å². The average Bonchev–Trinajstić information content (AvgIpc) is 1.99. The predicted molar refractivity (Wildman–Crippen MR) is 332 cm³/mol. The number of imide groups is 1. The van der Waals surface area contributed by atoms with E-state index in [2.05, 4.69) is 64.0 Å². The summed E-state index contributed by atoms with van der Waals surface area (Å²) >= 11 is 0. The van der Waals surface area contributed by atoms with Crippen LogP contribution in [0.3, 0.4) is 0 Å². The second-order valence-electron chi connectivity index (χ2n) is 22.9. The van der Waals surface area contributed by atoms with Gasteiger partial charge in [-0.2, -0.15) is 0 Å². The Morgan fingerprint density at radius 2 is 1.35 bits per heavy atom. The molecule has 9 rings (SSSR count). The molecule has 0 radical (unpaired) electrons. The lowest BCUT2D eigenvalue weighted by Gasteiger charge is -2.34. The summed E-state index contributed by atoms with van der Waals surface area (Å²) in [5, 5.41) is 8.37. The number of hydrogen-bond donors (Lipinski definition) is 3. The molecule has 5 heterocycles. The van der Waals surface area contributed by atoms with Crippen LogP contribution in [0.5, 0.6) is 23.0 Å². The van der Waals surface area contributed by atoms with E-state index in [1.807, 2.05) is 48.8 Å². The van der Waals surface area contributed by atoms with Crippen molar-refractivity contribution >= 4 is 81.7 Å². The molecular formula is C67H78N8O11. The van der Waals surface area contributed by atoms with Gasteiger partial charge in [-0.15, -0.1) is 0 Å². The van der Waals surface area contributed by atoms with Crippen molar-refractivity contribution in [2.75, 3.05) is 77.4 Å². The Bertz CT molecular complexity index is 3340. The van der Waals surface area contributed by atoms with Crippen LogP contribution in [0.15, 0.2) is 108 Å². The van der Waals surface area contributed by atoms with Gasteiger partial charge in [-0.25, -0.2) is 0 Å². The van der Waals surface area contributed by atoms with Crippen molar-refractivity contribution in [3.8, 4) is 23.0 Å².